The Morgan fingerprint density at radius 3 is 2.82 bits per heavy atom. The van der Waals surface area contributed by atoms with E-state index in [1.54, 1.807) is 0 Å². The van der Waals surface area contributed by atoms with Crippen molar-refractivity contribution in [1.82, 2.24) is 5.32 Å². The summed E-state index contributed by atoms with van der Waals surface area (Å²) in [5, 5.41) is 3.69. The Hall–Kier alpha value is -0.120. The predicted molar refractivity (Wildman–Crippen MR) is 69.2 cm³/mol. The van der Waals surface area contributed by atoms with Crippen molar-refractivity contribution in [3.8, 4) is 0 Å². The van der Waals surface area contributed by atoms with Crippen LogP contribution in [0.5, 0.6) is 0 Å². The normalized spacial score (nSPS) is 41.5. The molecule has 0 amide bonds. The maximum Gasteiger partial charge on any atom is 0.0700 e. The van der Waals surface area contributed by atoms with Gasteiger partial charge < -0.3 is 14.8 Å². The molecule has 0 aromatic rings. The van der Waals surface area contributed by atoms with Crippen molar-refractivity contribution in [2.45, 2.75) is 64.7 Å². The molecular weight excluding hydrogens is 214 g/mol. The summed E-state index contributed by atoms with van der Waals surface area (Å²) < 4.78 is 11.5. The van der Waals surface area contributed by atoms with E-state index in [2.05, 4.69) is 26.1 Å². The minimum Gasteiger partial charge on any atom is -0.378 e. The molecule has 4 unspecified atom stereocenters. The van der Waals surface area contributed by atoms with Crippen molar-refractivity contribution in [3.05, 3.63) is 0 Å². The van der Waals surface area contributed by atoms with Gasteiger partial charge in [0, 0.05) is 31.2 Å². The van der Waals surface area contributed by atoms with E-state index < -0.39 is 0 Å². The van der Waals surface area contributed by atoms with Crippen LogP contribution in [-0.2, 0) is 9.47 Å². The van der Waals surface area contributed by atoms with E-state index in [4.69, 9.17) is 9.47 Å². The zero-order valence-electron chi connectivity index (χ0n) is 11.5. The Kier molecular flexibility index (Phi) is 4.45. The summed E-state index contributed by atoms with van der Waals surface area (Å²) in [5.41, 5.74) is 0.314. The molecule has 4 atom stereocenters. The third kappa shape index (κ3) is 2.67. The summed E-state index contributed by atoms with van der Waals surface area (Å²) in [6.45, 7) is 9.50. The van der Waals surface area contributed by atoms with Gasteiger partial charge in [0.1, 0.15) is 0 Å². The lowest BCUT2D eigenvalue weighted by atomic mass is 9.61. The second-order valence-corrected chi connectivity index (χ2v) is 5.63. The smallest absolute Gasteiger partial charge is 0.0700 e. The molecule has 0 aromatic carbocycles. The quantitative estimate of drug-likeness (QED) is 0.774. The van der Waals surface area contributed by atoms with Crippen LogP contribution >= 0.6 is 0 Å². The molecule has 1 aliphatic heterocycles. The molecule has 100 valence electrons. The van der Waals surface area contributed by atoms with Crippen LogP contribution in [0.25, 0.3) is 0 Å². The first-order valence-electron chi connectivity index (χ1n) is 7.17. The number of nitrogens with one attached hydrogen (secondary N) is 1. The molecule has 2 aliphatic rings. The Labute approximate surface area is 105 Å². The van der Waals surface area contributed by atoms with Crippen LogP contribution in [0.4, 0.5) is 0 Å². The van der Waals surface area contributed by atoms with E-state index >= 15 is 0 Å². The summed E-state index contributed by atoms with van der Waals surface area (Å²) in [6, 6.07) is 0.605. The van der Waals surface area contributed by atoms with Crippen molar-refractivity contribution in [1.29, 1.82) is 0 Å². The first kappa shape index (κ1) is 13.3. The van der Waals surface area contributed by atoms with E-state index in [1.165, 1.54) is 19.3 Å². The van der Waals surface area contributed by atoms with Crippen molar-refractivity contribution in [3.63, 3.8) is 0 Å². The lowest BCUT2D eigenvalue weighted by molar-refractivity contribution is -0.127. The first-order valence-corrected chi connectivity index (χ1v) is 7.17. The van der Waals surface area contributed by atoms with Gasteiger partial charge in [0.05, 0.1) is 12.2 Å². The Balaban J connectivity index is 1.77. The Bertz CT molecular complexity index is 240. The lowest BCUT2D eigenvalue weighted by Crippen LogP contribution is -2.62. The Morgan fingerprint density at radius 2 is 2.24 bits per heavy atom. The number of ether oxygens (including phenoxy) is 2. The summed E-state index contributed by atoms with van der Waals surface area (Å²) in [5.74, 6) is 0. The Morgan fingerprint density at radius 1 is 1.41 bits per heavy atom. The topological polar surface area (TPSA) is 30.5 Å². The van der Waals surface area contributed by atoms with Gasteiger partial charge in [-0.1, -0.05) is 13.8 Å². The molecule has 0 aromatic heterocycles. The molecule has 17 heavy (non-hydrogen) atoms. The zero-order chi connectivity index (χ0) is 12.3. The molecule has 3 nitrogen and oxygen atoms in total. The van der Waals surface area contributed by atoms with Crippen molar-refractivity contribution in [2.75, 3.05) is 19.8 Å². The molecule has 0 spiro atoms. The predicted octanol–water partition coefficient (Wildman–Crippen LogP) is 2.35. The molecule has 1 saturated carbocycles. The summed E-state index contributed by atoms with van der Waals surface area (Å²) in [4.78, 5) is 0. The van der Waals surface area contributed by atoms with E-state index in [9.17, 15) is 0 Å². The first-order chi connectivity index (χ1) is 8.20. The van der Waals surface area contributed by atoms with Crippen molar-refractivity contribution < 1.29 is 9.47 Å². The third-order valence-electron chi connectivity index (χ3n) is 4.73. The van der Waals surface area contributed by atoms with Gasteiger partial charge in [0.15, 0.2) is 0 Å². The van der Waals surface area contributed by atoms with Crippen LogP contribution in [0, 0.1) is 5.41 Å². The molecule has 2 rings (SSSR count). The van der Waals surface area contributed by atoms with Crippen LogP contribution in [0.15, 0.2) is 0 Å². The number of hydrogen-bond donors (Lipinski definition) is 1. The highest BCUT2D eigenvalue weighted by atomic mass is 16.5. The van der Waals surface area contributed by atoms with Crippen LogP contribution < -0.4 is 5.32 Å². The molecule has 1 aliphatic carbocycles. The van der Waals surface area contributed by atoms with Gasteiger partial charge in [0.25, 0.3) is 0 Å². The molecule has 2 fully saturated rings. The second kappa shape index (κ2) is 5.68. The van der Waals surface area contributed by atoms with Gasteiger partial charge in [-0.15, -0.1) is 0 Å². The molecule has 1 heterocycles. The highest BCUT2D eigenvalue weighted by Gasteiger charge is 2.50. The maximum absolute atomic E-state index is 5.82. The number of hydrogen-bond acceptors (Lipinski definition) is 3. The monoisotopic (exact) mass is 241 g/mol. The number of rotatable bonds is 6. The summed E-state index contributed by atoms with van der Waals surface area (Å²) in [7, 11) is 0. The van der Waals surface area contributed by atoms with Gasteiger partial charge in [-0.25, -0.2) is 0 Å². The van der Waals surface area contributed by atoms with Gasteiger partial charge in [-0.3, -0.25) is 0 Å². The van der Waals surface area contributed by atoms with Gasteiger partial charge in [0.2, 0.25) is 0 Å². The van der Waals surface area contributed by atoms with Crippen molar-refractivity contribution >= 4 is 0 Å². The molecule has 3 heteroatoms. The highest BCUT2D eigenvalue weighted by molar-refractivity contribution is 5.04. The van der Waals surface area contributed by atoms with Crippen LogP contribution in [0.2, 0.25) is 0 Å². The van der Waals surface area contributed by atoms with Crippen LogP contribution in [0.1, 0.15) is 46.5 Å². The molecule has 0 radical (unpaired) electrons. The van der Waals surface area contributed by atoms with E-state index in [1.807, 2.05) is 0 Å². The highest BCUT2D eigenvalue weighted by Crippen LogP contribution is 2.45. The minimum atomic E-state index is 0.314. The average Bonchev–Trinajstić information content (AvgIpc) is 2.84. The lowest BCUT2D eigenvalue weighted by Gasteiger charge is -2.54. The fourth-order valence-corrected chi connectivity index (χ4v) is 3.15. The van der Waals surface area contributed by atoms with E-state index in [0.717, 1.165) is 26.2 Å². The second-order valence-electron chi connectivity index (χ2n) is 5.63. The van der Waals surface area contributed by atoms with Crippen molar-refractivity contribution in [2.24, 2.45) is 5.41 Å². The molecular formula is C14H27NO2. The average molecular weight is 241 g/mol. The maximum atomic E-state index is 5.82. The molecule has 1 saturated heterocycles. The van der Waals surface area contributed by atoms with E-state index in [-0.39, 0.29) is 0 Å². The summed E-state index contributed by atoms with van der Waals surface area (Å²) >= 11 is 0. The zero-order valence-corrected chi connectivity index (χ0v) is 11.5. The fraction of sp³-hybridized carbons (Fsp3) is 1.00. The standard InChI is InChI=1S/C14H27NO2/c1-4-14(3)12(9-13(14)16-5-2)15-10-11-7-6-8-17-11/h11-13,15H,4-10H2,1-3H3. The SMILES string of the molecule is CCOC1CC(NCC2CCCO2)C1(C)CC. The largest absolute Gasteiger partial charge is 0.378 e. The van der Waals surface area contributed by atoms with Gasteiger partial charge >= 0.3 is 0 Å². The molecule has 0 bridgehead atoms. The van der Waals surface area contributed by atoms with Crippen LogP contribution in [0.3, 0.4) is 0 Å². The molecule has 1 N–H and O–H groups in total. The fourth-order valence-electron chi connectivity index (χ4n) is 3.15. The summed E-state index contributed by atoms with van der Waals surface area (Å²) in [6.07, 6.45) is 5.68. The van der Waals surface area contributed by atoms with Gasteiger partial charge in [-0.2, -0.15) is 0 Å². The van der Waals surface area contributed by atoms with E-state index in [0.29, 0.717) is 23.7 Å². The van der Waals surface area contributed by atoms with Crippen LogP contribution in [-0.4, -0.2) is 38.0 Å². The third-order valence-corrected chi connectivity index (χ3v) is 4.73. The minimum absolute atomic E-state index is 0.314. The van der Waals surface area contributed by atoms with Gasteiger partial charge in [-0.05, 0) is 32.6 Å².